The predicted molar refractivity (Wildman–Crippen MR) is 84.0 cm³/mol. The Balaban J connectivity index is 1.89. The van der Waals surface area contributed by atoms with Gasteiger partial charge in [-0.15, -0.1) is 0 Å². The highest BCUT2D eigenvalue weighted by atomic mass is 16.5. The third-order valence-corrected chi connectivity index (χ3v) is 3.42. The number of aryl methyl sites for hydroxylation is 1. The number of ether oxygens (including phenoxy) is 1. The summed E-state index contributed by atoms with van der Waals surface area (Å²) in [6.07, 6.45) is 0. The summed E-state index contributed by atoms with van der Waals surface area (Å²) in [6, 6.07) is 17.3. The molecule has 2 heteroatoms. The van der Waals surface area contributed by atoms with Crippen molar-refractivity contribution < 1.29 is 4.74 Å². The molecule has 2 aromatic rings. The molecule has 20 heavy (non-hydrogen) atoms. The Morgan fingerprint density at radius 1 is 1.00 bits per heavy atom. The van der Waals surface area contributed by atoms with Crippen LogP contribution in [0.4, 0.5) is 0 Å². The fraction of sp³-hybridized carbons (Fsp3) is 0.333. The highest BCUT2D eigenvalue weighted by Crippen LogP contribution is 2.15. The third-order valence-electron chi connectivity index (χ3n) is 3.42. The molecule has 0 saturated carbocycles. The molecule has 2 nitrogen and oxygen atoms in total. The summed E-state index contributed by atoms with van der Waals surface area (Å²) < 4.78 is 5.45. The van der Waals surface area contributed by atoms with Crippen molar-refractivity contribution in [3.05, 3.63) is 65.2 Å². The van der Waals surface area contributed by atoms with Crippen molar-refractivity contribution in [2.24, 2.45) is 0 Å². The number of hydrogen-bond donors (Lipinski definition) is 1. The van der Waals surface area contributed by atoms with E-state index in [-0.39, 0.29) is 0 Å². The van der Waals surface area contributed by atoms with E-state index in [1.807, 2.05) is 19.1 Å². The van der Waals surface area contributed by atoms with Gasteiger partial charge in [-0.05, 0) is 44.0 Å². The number of rotatable bonds is 6. The van der Waals surface area contributed by atoms with Gasteiger partial charge in [0.05, 0.1) is 6.61 Å². The van der Waals surface area contributed by atoms with E-state index in [4.69, 9.17) is 4.74 Å². The lowest BCUT2D eigenvalue weighted by Crippen LogP contribution is -2.17. The molecular weight excluding hydrogens is 246 g/mol. The second-order valence-electron chi connectivity index (χ2n) is 5.09. The van der Waals surface area contributed by atoms with Crippen LogP contribution in [-0.4, -0.2) is 6.61 Å². The molecule has 2 rings (SSSR count). The average Bonchev–Trinajstić information content (AvgIpc) is 2.47. The third kappa shape index (κ3) is 4.10. The van der Waals surface area contributed by atoms with Crippen LogP contribution in [0.3, 0.4) is 0 Å². The van der Waals surface area contributed by atoms with E-state index in [1.54, 1.807) is 0 Å². The van der Waals surface area contributed by atoms with Gasteiger partial charge in [0.25, 0.3) is 0 Å². The molecule has 0 aliphatic rings. The van der Waals surface area contributed by atoms with Crippen LogP contribution < -0.4 is 10.1 Å². The van der Waals surface area contributed by atoms with Crippen molar-refractivity contribution in [1.82, 2.24) is 5.32 Å². The molecule has 0 spiro atoms. The van der Waals surface area contributed by atoms with E-state index in [2.05, 4.69) is 55.6 Å². The molecule has 0 fully saturated rings. The van der Waals surface area contributed by atoms with Gasteiger partial charge in [-0.3, -0.25) is 0 Å². The summed E-state index contributed by atoms with van der Waals surface area (Å²) in [5.74, 6) is 0.933. The molecule has 0 aliphatic carbocycles. The summed E-state index contributed by atoms with van der Waals surface area (Å²) in [5.41, 5.74) is 3.89. The molecule has 0 aromatic heterocycles. The Kier molecular flexibility index (Phi) is 5.19. The molecule has 0 unspecified atom stereocenters. The monoisotopic (exact) mass is 269 g/mol. The lowest BCUT2D eigenvalue weighted by Gasteiger charge is -2.15. The molecular formula is C18H23NO. The first-order valence-electron chi connectivity index (χ1n) is 7.20. The van der Waals surface area contributed by atoms with Gasteiger partial charge in [0.1, 0.15) is 5.75 Å². The minimum atomic E-state index is 0.349. The summed E-state index contributed by atoms with van der Waals surface area (Å²) in [6.45, 7) is 7.88. The molecule has 0 saturated heterocycles. The van der Waals surface area contributed by atoms with Crippen LogP contribution in [0.1, 0.15) is 36.6 Å². The molecule has 1 atom stereocenters. The zero-order valence-electron chi connectivity index (χ0n) is 12.5. The van der Waals surface area contributed by atoms with Gasteiger partial charge in [0, 0.05) is 12.6 Å². The van der Waals surface area contributed by atoms with Crippen LogP contribution in [0.15, 0.2) is 48.5 Å². The molecule has 0 radical (unpaired) electrons. The first-order valence-corrected chi connectivity index (χ1v) is 7.20. The van der Waals surface area contributed by atoms with E-state index in [1.165, 1.54) is 16.7 Å². The Morgan fingerprint density at radius 3 is 2.25 bits per heavy atom. The molecule has 0 bridgehead atoms. The fourth-order valence-corrected chi connectivity index (χ4v) is 2.11. The van der Waals surface area contributed by atoms with E-state index in [9.17, 15) is 0 Å². The smallest absolute Gasteiger partial charge is 0.119 e. The van der Waals surface area contributed by atoms with Crippen LogP contribution in [0.5, 0.6) is 5.75 Å². The van der Waals surface area contributed by atoms with E-state index in [0.29, 0.717) is 12.6 Å². The van der Waals surface area contributed by atoms with Crippen LogP contribution >= 0.6 is 0 Å². The van der Waals surface area contributed by atoms with Gasteiger partial charge in [0.2, 0.25) is 0 Å². The van der Waals surface area contributed by atoms with Crippen molar-refractivity contribution >= 4 is 0 Å². The first kappa shape index (κ1) is 14.6. The van der Waals surface area contributed by atoms with Gasteiger partial charge in [0.15, 0.2) is 0 Å². The molecule has 106 valence electrons. The predicted octanol–water partition coefficient (Wildman–Crippen LogP) is 4.24. The molecule has 0 heterocycles. The highest BCUT2D eigenvalue weighted by Gasteiger charge is 2.04. The first-order chi connectivity index (χ1) is 9.69. The summed E-state index contributed by atoms with van der Waals surface area (Å²) in [4.78, 5) is 0. The van der Waals surface area contributed by atoms with Crippen LogP contribution in [0, 0.1) is 6.92 Å². The van der Waals surface area contributed by atoms with Gasteiger partial charge in [-0.2, -0.15) is 0 Å². The number of nitrogens with one attached hydrogen (secondary N) is 1. The average molecular weight is 269 g/mol. The maximum atomic E-state index is 5.45. The fourth-order valence-electron chi connectivity index (χ4n) is 2.11. The van der Waals surface area contributed by atoms with Gasteiger partial charge in [-0.25, -0.2) is 0 Å². The van der Waals surface area contributed by atoms with Crippen LogP contribution in [-0.2, 0) is 6.54 Å². The number of hydrogen-bond acceptors (Lipinski definition) is 2. The zero-order chi connectivity index (χ0) is 14.4. The Morgan fingerprint density at radius 2 is 1.65 bits per heavy atom. The number of benzene rings is 2. The second kappa shape index (κ2) is 7.11. The minimum Gasteiger partial charge on any atom is -0.494 e. The summed E-state index contributed by atoms with van der Waals surface area (Å²) in [5, 5.41) is 3.55. The quantitative estimate of drug-likeness (QED) is 0.846. The molecule has 2 aromatic carbocycles. The maximum absolute atomic E-state index is 5.45. The van der Waals surface area contributed by atoms with E-state index in [0.717, 1.165) is 12.3 Å². The van der Waals surface area contributed by atoms with E-state index >= 15 is 0 Å². The van der Waals surface area contributed by atoms with Gasteiger partial charge >= 0.3 is 0 Å². The normalized spacial score (nSPS) is 12.2. The van der Waals surface area contributed by atoms with Crippen molar-refractivity contribution in [2.75, 3.05) is 6.61 Å². The molecule has 0 amide bonds. The second-order valence-corrected chi connectivity index (χ2v) is 5.09. The summed E-state index contributed by atoms with van der Waals surface area (Å²) in [7, 11) is 0. The maximum Gasteiger partial charge on any atom is 0.119 e. The lowest BCUT2D eigenvalue weighted by atomic mass is 10.1. The van der Waals surface area contributed by atoms with Crippen molar-refractivity contribution in [3.8, 4) is 5.75 Å². The lowest BCUT2D eigenvalue weighted by molar-refractivity contribution is 0.340. The van der Waals surface area contributed by atoms with E-state index < -0.39 is 0 Å². The zero-order valence-corrected chi connectivity index (χ0v) is 12.5. The Labute approximate surface area is 121 Å². The van der Waals surface area contributed by atoms with Gasteiger partial charge < -0.3 is 10.1 Å². The standard InChI is InChI=1S/C18H23NO/c1-4-20-18-11-7-16(8-12-18)13-19-15(3)17-9-5-14(2)6-10-17/h5-12,15,19H,4,13H2,1-3H3/t15-/m0/s1. The van der Waals surface area contributed by atoms with Crippen molar-refractivity contribution in [3.63, 3.8) is 0 Å². The molecule has 0 aliphatic heterocycles. The minimum absolute atomic E-state index is 0.349. The van der Waals surface area contributed by atoms with Crippen molar-refractivity contribution in [1.29, 1.82) is 0 Å². The summed E-state index contributed by atoms with van der Waals surface area (Å²) >= 11 is 0. The SMILES string of the molecule is CCOc1ccc(CN[C@@H](C)c2ccc(C)cc2)cc1. The highest BCUT2D eigenvalue weighted by molar-refractivity contribution is 5.28. The Bertz CT molecular complexity index is 516. The topological polar surface area (TPSA) is 21.3 Å². The van der Waals surface area contributed by atoms with Crippen LogP contribution in [0.25, 0.3) is 0 Å². The van der Waals surface area contributed by atoms with Crippen LogP contribution in [0.2, 0.25) is 0 Å². The van der Waals surface area contributed by atoms with Crippen molar-refractivity contribution in [2.45, 2.75) is 33.4 Å². The van der Waals surface area contributed by atoms with Gasteiger partial charge in [-0.1, -0.05) is 42.0 Å². The Hall–Kier alpha value is -1.80. The molecule has 1 N–H and O–H groups in total. The largest absolute Gasteiger partial charge is 0.494 e.